The predicted molar refractivity (Wildman–Crippen MR) is 111 cm³/mol. The summed E-state index contributed by atoms with van der Waals surface area (Å²) in [6.07, 6.45) is 2.34. The molecule has 150 valence electrons. The third-order valence-electron chi connectivity index (χ3n) is 5.15. The van der Waals surface area contributed by atoms with Crippen molar-refractivity contribution in [2.75, 3.05) is 12.4 Å². The van der Waals surface area contributed by atoms with Crippen LogP contribution in [0.1, 0.15) is 30.2 Å². The lowest BCUT2D eigenvalue weighted by Gasteiger charge is -2.16. The topological polar surface area (TPSA) is 65.4 Å². The highest BCUT2D eigenvalue weighted by Gasteiger charge is 2.25. The number of hydrogen-bond acceptors (Lipinski definition) is 4. The number of nitrogens with one attached hydrogen (secondary N) is 1. The molecule has 6 nitrogen and oxygen atoms in total. The molecule has 0 spiro atoms. The number of amides is 1. The zero-order valence-electron chi connectivity index (χ0n) is 16.7. The SMILES string of the molecule is COc1cccc(CO[C@H](C)C(=O)Nc2c3c(nn2-c2ccccc2)CCC3)c1. The molecule has 1 N–H and O–H groups in total. The standard InChI is InChI=1S/C23H25N3O3/c1-16(29-15-17-8-6-11-19(14-17)28-2)23(27)24-22-20-12-7-13-21(20)25-26(22)18-9-4-3-5-10-18/h3-6,8-11,14,16H,7,12-13,15H2,1-2H3,(H,24,27)/t16-/m1/s1. The molecule has 1 aromatic heterocycles. The first-order valence-corrected chi connectivity index (χ1v) is 9.87. The Hall–Kier alpha value is -3.12. The summed E-state index contributed by atoms with van der Waals surface area (Å²) in [5.41, 5.74) is 4.08. The normalized spacial score (nSPS) is 13.7. The van der Waals surface area contributed by atoms with Gasteiger partial charge in [0, 0.05) is 5.56 Å². The summed E-state index contributed by atoms with van der Waals surface area (Å²) >= 11 is 0. The van der Waals surface area contributed by atoms with Crippen molar-refractivity contribution in [3.63, 3.8) is 0 Å². The minimum atomic E-state index is -0.600. The monoisotopic (exact) mass is 391 g/mol. The highest BCUT2D eigenvalue weighted by molar-refractivity contribution is 5.94. The molecule has 29 heavy (non-hydrogen) atoms. The van der Waals surface area contributed by atoms with Crippen LogP contribution in [0.25, 0.3) is 5.69 Å². The molecule has 1 amide bonds. The average Bonchev–Trinajstić information content (AvgIpc) is 3.35. The van der Waals surface area contributed by atoms with Gasteiger partial charge < -0.3 is 14.8 Å². The molecule has 0 radical (unpaired) electrons. The van der Waals surface area contributed by atoms with Gasteiger partial charge in [-0.2, -0.15) is 5.10 Å². The summed E-state index contributed by atoms with van der Waals surface area (Å²) in [7, 11) is 1.63. The van der Waals surface area contributed by atoms with Crippen LogP contribution in [0.15, 0.2) is 54.6 Å². The van der Waals surface area contributed by atoms with Crippen molar-refractivity contribution in [3.05, 3.63) is 71.4 Å². The van der Waals surface area contributed by atoms with Crippen LogP contribution in [0.2, 0.25) is 0 Å². The Labute approximate surface area is 170 Å². The molecular formula is C23H25N3O3. The summed E-state index contributed by atoms with van der Waals surface area (Å²) < 4.78 is 12.9. The van der Waals surface area contributed by atoms with E-state index in [1.165, 1.54) is 0 Å². The first-order valence-electron chi connectivity index (χ1n) is 9.87. The van der Waals surface area contributed by atoms with Gasteiger partial charge in [-0.1, -0.05) is 30.3 Å². The number of anilines is 1. The lowest BCUT2D eigenvalue weighted by atomic mass is 10.2. The zero-order valence-corrected chi connectivity index (χ0v) is 16.7. The van der Waals surface area contributed by atoms with Crippen molar-refractivity contribution in [2.24, 2.45) is 0 Å². The number of ether oxygens (including phenoxy) is 2. The van der Waals surface area contributed by atoms with Crippen LogP contribution >= 0.6 is 0 Å². The molecule has 1 heterocycles. The fraction of sp³-hybridized carbons (Fsp3) is 0.304. The lowest BCUT2D eigenvalue weighted by molar-refractivity contribution is -0.127. The van der Waals surface area contributed by atoms with E-state index in [2.05, 4.69) is 5.32 Å². The van der Waals surface area contributed by atoms with Crippen molar-refractivity contribution < 1.29 is 14.3 Å². The van der Waals surface area contributed by atoms with E-state index in [-0.39, 0.29) is 5.91 Å². The van der Waals surface area contributed by atoms with E-state index >= 15 is 0 Å². The number of carbonyl (C=O) groups excluding carboxylic acids is 1. The molecule has 1 aliphatic carbocycles. The van der Waals surface area contributed by atoms with E-state index < -0.39 is 6.10 Å². The first kappa shape index (κ1) is 19.2. The number of methoxy groups -OCH3 is 1. The number of hydrogen-bond donors (Lipinski definition) is 1. The number of aryl methyl sites for hydroxylation is 1. The van der Waals surface area contributed by atoms with Gasteiger partial charge in [-0.05, 0) is 56.0 Å². The molecule has 0 unspecified atom stereocenters. The van der Waals surface area contributed by atoms with Crippen molar-refractivity contribution in [3.8, 4) is 11.4 Å². The molecule has 0 saturated carbocycles. The maximum atomic E-state index is 12.8. The number of nitrogens with zero attached hydrogens (tertiary/aromatic N) is 2. The van der Waals surface area contributed by atoms with Crippen molar-refractivity contribution in [1.82, 2.24) is 9.78 Å². The highest BCUT2D eigenvalue weighted by Crippen LogP contribution is 2.31. The van der Waals surface area contributed by atoms with Gasteiger partial charge >= 0.3 is 0 Å². The summed E-state index contributed by atoms with van der Waals surface area (Å²) in [5, 5.41) is 7.79. The van der Waals surface area contributed by atoms with Crippen LogP contribution in [-0.4, -0.2) is 28.9 Å². The second-order valence-electron chi connectivity index (χ2n) is 7.17. The Morgan fingerprint density at radius 3 is 2.79 bits per heavy atom. The minimum Gasteiger partial charge on any atom is -0.497 e. The molecule has 0 bridgehead atoms. The van der Waals surface area contributed by atoms with Crippen molar-refractivity contribution >= 4 is 11.7 Å². The van der Waals surface area contributed by atoms with Gasteiger partial charge in [0.15, 0.2) is 0 Å². The smallest absolute Gasteiger partial charge is 0.254 e. The molecule has 1 aliphatic rings. The lowest BCUT2D eigenvalue weighted by Crippen LogP contribution is -2.29. The molecule has 0 saturated heterocycles. The number of aromatic nitrogens is 2. The van der Waals surface area contributed by atoms with Crippen LogP contribution in [0, 0.1) is 0 Å². The molecular weight excluding hydrogens is 366 g/mol. The van der Waals surface area contributed by atoms with Gasteiger partial charge in [0.25, 0.3) is 5.91 Å². The van der Waals surface area contributed by atoms with Gasteiger partial charge in [-0.3, -0.25) is 4.79 Å². The highest BCUT2D eigenvalue weighted by atomic mass is 16.5. The minimum absolute atomic E-state index is 0.181. The summed E-state index contributed by atoms with van der Waals surface area (Å²) in [5.74, 6) is 1.34. The van der Waals surface area contributed by atoms with Crippen LogP contribution in [-0.2, 0) is 29.0 Å². The van der Waals surface area contributed by atoms with Crippen molar-refractivity contribution in [1.29, 1.82) is 0 Å². The van der Waals surface area contributed by atoms with E-state index in [1.807, 2.05) is 59.3 Å². The third kappa shape index (κ3) is 4.17. The van der Waals surface area contributed by atoms with E-state index in [0.717, 1.165) is 53.3 Å². The summed E-state index contributed by atoms with van der Waals surface area (Å²) in [6.45, 7) is 2.10. The average molecular weight is 391 g/mol. The number of fused-ring (bicyclic) bond motifs is 1. The number of para-hydroxylation sites is 1. The zero-order chi connectivity index (χ0) is 20.2. The Morgan fingerprint density at radius 2 is 2.00 bits per heavy atom. The summed E-state index contributed by atoms with van der Waals surface area (Å²) in [4.78, 5) is 12.8. The fourth-order valence-corrected chi connectivity index (χ4v) is 3.55. The number of rotatable bonds is 7. The molecule has 2 aromatic carbocycles. The van der Waals surface area contributed by atoms with Crippen LogP contribution in [0.3, 0.4) is 0 Å². The maximum absolute atomic E-state index is 12.8. The Balaban J connectivity index is 1.48. The quantitative estimate of drug-likeness (QED) is 0.663. The Morgan fingerprint density at radius 1 is 1.17 bits per heavy atom. The number of benzene rings is 2. The molecule has 3 aromatic rings. The molecule has 6 heteroatoms. The van der Waals surface area contributed by atoms with Gasteiger partial charge in [0.05, 0.1) is 25.1 Å². The van der Waals surface area contributed by atoms with Gasteiger partial charge in [-0.15, -0.1) is 0 Å². The third-order valence-corrected chi connectivity index (χ3v) is 5.15. The Bertz CT molecular complexity index is 998. The molecule has 0 aliphatic heterocycles. The first-order chi connectivity index (χ1) is 14.2. The van der Waals surface area contributed by atoms with Gasteiger partial charge in [0.2, 0.25) is 0 Å². The number of carbonyl (C=O) groups is 1. The summed E-state index contributed by atoms with van der Waals surface area (Å²) in [6, 6.07) is 17.5. The van der Waals surface area contributed by atoms with E-state index in [0.29, 0.717) is 6.61 Å². The predicted octanol–water partition coefficient (Wildman–Crippen LogP) is 3.91. The Kier molecular flexibility index (Phi) is 5.62. The molecule has 1 atom stereocenters. The maximum Gasteiger partial charge on any atom is 0.254 e. The molecule has 4 rings (SSSR count). The van der Waals surface area contributed by atoms with Gasteiger partial charge in [-0.25, -0.2) is 4.68 Å². The second-order valence-corrected chi connectivity index (χ2v) is 7.17. The second kappa shape index (κ2) is 8.49. The van der Waals surface area contributed by atoms with Crippen LogP contribution in [0.5, 0.6) is 5.75 Å². The van der Waals surface area contributed by atoms with E-state index in [1.54, 1.807) is 14.0 Å². The van der Waals surface area contributed by atoms with Crippen LogP contribution < -0.4 is 10.1 Å². The molecule has 0 fully saturated rings. The van der Waals surface area contributed by atoms with Gasteiger partial charge in [0.1, 0.15) is 17.7 Å². The fourth-order valence-electron chi connectivity index (χ4n) is 3.55. The van der Waals surface area contributed by atoms with Crippen molar-refractivity contribution in [2.45, 2.75) is 38.9 Å². The van der Waals surface area contributed by atoms with E-state index in [4.69, 9.17) is 14.6 Å². The van der Waals surface area contributed by atoms with E-state index in [9.17, 15) is 4.79 Å². The largest absolute Gasteiger partial charge is 0.497 e. The van der Waals surface area contributed by atoms with Crippen LogP contribution in [0.4, 0.5) is 5.82 Å².